The second-order valence-electron chi connectivity index (χ2n) is 11.8. The Kier molecular flexibility index (Phi) is 12.7. The summed E-state index contributed by atoms with van der Waals surface area (Å²) in [5.41, 5.74) is 0.679. The Morgan fingerprint density at radius 3 is 2.08 bits per heavy atom. The number of hydrogen-bond acceptors (Lipinski definition) is 16. The third-order valence-electron chi connectivity index (χ3n) is 7.46. The SMILES string of the molecule is CNC(=S)Nc1ccc(OC2OC3COC(C)(C)OC3C(OC3OC(COC(C)=O)C(OC(C)=O)C(OC(C)=O)C3OC(C)=O)C2O)cc1. The molecule has 3 aliphatic heterocycles. The van der Waals surface area contributed by atoms with Crippen LogP contribution in [-0.2, 0) is 61.8 Å². The zero-order valence-corrected chi connectivity index (χ0v) is 28.9. The first-order valence-corrected chi connectivity index (χ1v) is 15.8. The Morgan fingerprint density at radius 1 is 0.878 bits per heavy atom. The predicted octanol–water partition coefficient (Wildman–Crippen LogP) is 0.687. The van der Waals surface area contributed by atoms with E-state index in [1.807, 2.05) is 0 Å². The molecule has 3 N–H and O–H groups in total. The Bertz CT molecular complexity index is 1360. The van der Waals surface area contributed by atoms with E-state index in [-0.39, 0.29) is 6.61 Å². The number of esters is 4. The average molecular weight is 715 g/mol. The van der Waals surface area contributed by atoms with E-state index in [2.05, 4.69) is 10.6 Å². The molecule has 0 spiro atoms. The first-order chi connectivity index (χ1) is 23.1. The molecule has 3 fully saturated rings. The number of hydrogen-bond donors (Lipinski definition) is 3. The van der Waals surface area contributed by atoms with Gasteiger partial charge in [0.1, 0.15) is 42.9 Å². The van der Waals surface area contributed by atoms with Gasteiger partial charge in [-0.2, -0.15) is 0 Å². The van der Waals surface area contributed by atoms with Crippen LogP contribution in [0.15, 0.2) is 24.3 Å². The molecular formula is C31H42N2O15S. The van der Waals surface area contributed by atoms with Crippen molar-refractivity contribution in [3.63, 3.8) is 0 Å². The van der Waals surface area contributed by atoms with Crippen LogP contribution in [0.1, 0.15) is 41.5 Å². The van der Waals surface area contributed by atoms with Crippen molar-refractivity contribution >= 4 is 46.9 Å². The fourth-order valence-electron chi connectivity index (χ4n) is 5.47. The fourth-order valence-corrected chi connectivity index (χ4v) is 5.58. The highest BCUT2D eigenvalue weighted by Gasteiger charge is 2.58. The third-order valence-corrected chi connectivity index (χ3v) is 7.77. The van der Waals surface area contributed by atoms with Crippen molar-refractivity contribution < 1.29 is 71.7 Å². The van der Waals surface area contributed by atoms with Crippen LogP contribution in [0.25, 0.3) is 0 Å². The van der Waals surface area contributed by atoms with Gasteiger partial charge < -0.3 is 63.1 Å². The summed E-state index contributed by atoms with van der Waals surface area (Å²) in [7, 11) is 1.68. The van der Waals surface area contributed by atoms with E-state index in [0.29, 0.717) is 16.5 Å². The number of carbonyl (C=O) groups is 4. The van der Waals surface area contributed by atoms with Crippen LogP contribution in [0.3, 0.4) is 0 Å². The van der Waals surface area contributed by atoms with Crippen molar-refractivity contribution in [1.29, 1.82) is 0 Å². The number of rotatable bonds is 10. The molecule has 0 saturated carbocycles. The lowest BCUT2D eigenvalue weighted by atomic mass is 9.95. The summed E-state index contributed by atoms with van der Waals surface area (Å²) in [6.45, 7) is 7.37. The molecule has 10 atom stereocenters. The Balaban J connectivity index is 1.68. The van der Waals surface area contributed by atoms with Gasteiger partial charge in [0.25, 0.3) is 0 Å². The van der Waals surface area contributed by atoms with Crippen LogP contribution >= 0.6 is 12.2 Å². The zero-order chi connectivity index (χ0) is 36.0. The number of aliphatic hydroxyl groups excluding tert-OH is 1. The minimum atomic E-state index is -1.60. The molecule has 10 unspecified atom stereocenters. The van der Waals surface area contributed by atoms with E-state index >= 15 is 0 Å². The van der Waals surface area contributed by atoms with Gasteiger partial charge in [-0.3, -0.25) is 19.2 Å². The van der Waals surface area contributed by atoms with E-state index in [1.54, 1.807) is 45.2 Å². The largest absolute Gasteiger partial charge is 0.463 e. The maximum atomic E-state index is 12.3. The lowest BCUT2D eigenvalue weighted by Crippen LogP contribution is -2.69. The van der Waals surface area contributed by atoms with E-state index in [1.165, 1.54) is 0 Å². The van der Waals surface area contributed by atoms with Crippen molar-refractivity contribution in [3.8, 4) is 5.75 Å². The predicted molar refractivity (Wildman–Crippen MR) is 169 cm³/mol. The van der Waals surface area contributed by atoms with E-state index in [9.17, 15) is 24.3 Å². The second-order valence-corrected chi connectivity index (χ2v) is 12.2. The van der Waals surface area contributed by atoms with Crippen molar-refractivity contribution in [2.75, 3.05) is 25.6 Å². The van der Waals surface area contributed by atoms with E-state index < -0.39 is 97.7 Å². The number of aliphatic hydroxyl groups is 1. The molecule has 0 radical (unpaired) electrons. The molecule has 3 saturated heterocycles. The lowest BCUT2D eigenvalue weighted by Gasteiger charge is -2.51. The van der Waals surface area contributed by atoms with Crippen LogP contribution in [-0.4, -0.2) is 122 Å². The summed E-state index contributed by atoms with van der Waals surface area (Å²) < 4.78 is 58.2. The quantitative estimate of drug-likeness (QED) is 0.173. The monoisotopic (exact) mass is 714 g/mol. The van der Waals surface area contributed by atoms with Crippen molar-refractivity contribution in [3.05, 3.63) is 24.3 Å². The molecule has 1 aromatic carbocycles. The van der Waals surface area contributed by atoms with Gasteiger partial charge in [0, 0.05) is 40.4 Å². The minimum Gasteiger partial charge on any atom is -0.463 e. The highest BCUT2D eigenvalue weighted by Crippen LogP contribution is 2.38. The first kappa shape index (κ1) is 38.2. The summed E-state index contributed by atoms with van der Waals surface area (Å²) in [5.74, 6) is -3.89. The highest BCUT2D eigenvalue weighted by molar-refractivity contribution is 7.80. The number of carbonyl (C=O) groups excluding carboxylic acids is 4. The molecule has 0 aromatic heterocycles. The number of nitrogens with one attached hydrogen (secondary N) is 2. The Hall–Kier alpha value is -3.65. The Labute approximate surface area is 288 Å². The molecule has 3 heterocycles. The molecule has 17 nitrogen and oxygen atoms in total. The second kappa shape index (κ2) is 16.4. The summed E-state index contributed by atoms with van der Waals surface area (Å²) in [4.78, 5) is 48.5. The van der Waals surface area contributed by atoms with Crippen molar-refractivity contribution in [1.82, 2.24) is 5.32 Å². The highest BCUT2D eigenvalue weighted by atomic mass is 32.1. The van der Waals surface area contributed by atoms with E-state index in [4.69, 9.17) is 59.6 Å². The van der Waals surface area contributed by atoms with Gasteiger partial charge in [-0.15, -0.1) is 0 Å². The maximum absolute atomic E-state index is 12.3. The molecule has 1 aromatic rings. The lowest BCUT2D eigenvalue weighted by molar-refractivity contribution is -0.399. The van der Waals surface area contributed by atoms with Crippen LogP contribution < -0.4 is 15.4 Å². The van der Waals surface area contributed by atoms with Crippen LogP contribution in [0, 0.1) is 0 Å². The van der Waals surface area contributed by atoms with Crippen LogP contribution in [0.5, 0.6) is 5.75 Å². The molecule has 3 aliphatic rings. The first-order valence-electron chi connectivity index (χ1n) is 15.4. The van der Waals surface area contributed by atoms with Gasteiger partial charge in [0.15, 0.2) is 35.5 Å². The zero-order valence-electron chi connectivity index (χ0n) is 28.1. The number of ether oxygens (including phenoxy) is 10. The summed E-state index contributed by atoms with van der Waals surface area (Å²) in [6, 6.07) is 6.68. The van der Waals surface area contributed by atoms with Crippen LogP contribution in [0.2, 0.25) is 0 Å². The van der Waals surface area contributed by atoms with Gasteiger partial charge in [0.2, 0.25) is 6.29 Å². The molecule has 0 amide bonds. The molecule has 0 bridgehead atoms. The van der Waals surface area contributed by atoms with Gasteiger partial charge in [-0.25, -0.2) is 0 Å². The summed E-state index contributed by atoms with van der Waals surface area (Å²) >= 11 is 5.13. The molecular weight excluding hydrogens is 672 g/mol. The maximum Gasteiger partial charge on any atom is 0.303 e. The molecule has 49 heavy (non-hydrogen) atoms. The van der Waals surface area contributed by atoms with Crippen LogP contribution in [0.4, 0.5) is 5.69 Å². The molecule has 4 rings (SSSR count). The third kappa shape index (κ3) is 10.2. The number of benzene rings is 1. The molecule has 18 heteroatoms. The van der Waals surface area contributed by atoms with Crippen molar-refractivity contribution in [2.45, 2.75) is 109 Å². The number of thiocarbonyl (C=S) groups is 1. The van der Waals surface area contributed by atoms with Gasteiger partial charge in [-0.1, -0.05) is 0 Å². The van der Waals surface area contributed by atoms with Gasteiger partial charge in [-0.05, 0) is 50.3 Å². The Morgan fingerprint density at radius 2 is 1.49 bits per heavy atom. The van der Waals surface area contributed by atoms with E-state index in [0.717, 1.165) is 27.7 Å². The van der Waals surface area contributed by atoms with Gasteiger partial charge >= 0.3 is 23.9 Å². The average Bonchev–Trinajstić information content (AvgIpc) is 3.01. The summed E-state index contributed by atoms with van der Waals surface area (Å²) in [6.07, 6.45) is -13.3. The number of fused-ring (bicyclic) bond motifs is 1. The molecule has 272 valence electrons. The summed E-state index contributed by atoms with van der Waals surface area (Å²) in [5, 5.41) is 17.9. The smallest absolute Gasteiger partial charge is 0.303 e. The minimum absolute atomic E-state index is 0.0208. The fraction of sp³-hybridized carbons (Fsp3) is 0.645. The van der Waals surface area contributed by atoms with Crippen molar-refractivity contribution in [2.24, 2.45) is 0 Å². The topological polar surface area (TPSA) is 205 Å². The standard InChI is InChI=1S/C31H42N2O15S/c1-14(34)39-12-20-23(41-15(2)35)26(42-16(3)36)27(43-17(4)37)29(46-20)47-25-22(38)28(45-21-13-40-31(5,6)48-24(21)25)44-19-10-8-18(9-11-19)33-30(49)32-7/h8-11,20-29,38H,12-13H2,1-7H3,(H2,32,33,49). The van der Waals surface area contributed by atoms with Gasteiger partial charge in [0.05, 0.1) is 6.61 Å². The number of anilines is 1. The normalized spacial score (nSPS) is 32.0. The molecule has 0 aliphatic carbocycles.